The van der Waals surface area contributed by atoms with Crippen molar-refractivity contribution >= 4 is 0 Å². The lowest BCUT2D eigenvalue weighted by Gasteiger charge is -1.98. The van der Waals surface area contributed by atoms with Gasteiger partial charge in [0.05, 0.1) is 0 Å². The van der Waals surface area contributed by atoms with Crippen LogP contribution in [0, 0.1) is 17.7 Å². The minimum absolute atomic E-state index is 0.235. The maximum atomic E-state index is 12.8. The van der Waals surface area contributed by atoms with E-state index in [0.717, 1.165) is 24.0 Å². The first-order chi connectivity index (χ1) is 9.78. The zero-order valence-electron chi connectivity index (χ0n) is 11.6. The van der Waals surface area contributed by atoms with Crippen LogP contribution in [0.5, 0.6) is 0 Å². The third-order valence-corrected chi connectivity index (χ3v) is 2.98. The molecule has 100 valence electrons. The quantitative estimate of drug-likeness (QED) is 0.555. The molecule has 0 nitrogen and oxygen atoms in total. The number of benzene rings is 2. The Labute approximate surface area is 120 Å². The van der Waals surface area contributed by atoms with E-state index in [0.29, 0.717) is 0 Å². The van der Waals surface area contributed by atoms with E-state index >= 15 is 0 Å². The standard InChI is InChI=1S/C19H17F/c1-2-3-4-5-16-6-8-17(9-7-16)10-11-18-12-14-19(20)15-13-18/h2-3,6-9,12-15H,4-5H2,1H3/b3-2+. The summed E-state index contributed by atoms with van der Waals surface area (Å²) in [6, 6.07) is 14.5. The lowest BCUT2D eigenvalue weighted by atomic mass is 10.1. The molecule has 0 aromatic heterocycles. The SMILES string of the molecule is C/C=C/CCc1ccc(C#Cc2ccc(F)cc2)cc1. The Balaban J connectivity index is 2.02. The van der Waals surface area contributed by atoms with Crippen LogP contribution in [0.1, 0.15) is 30.0 Å². The van der Waals surface area contributed by atoms with Gasteiger partial charge in [-0.15, -0.1) is 0 Å². The number of aryl methyl sites for hydroxylation is 1. The van der Waals surface area contributed by atoms with Crippen LogP contribution in [-0.4, -0.2) is 0 Å². The van der Waals surface area contributed by atoms with Crippen molar-refractivity contribution in [2.75, 3.05) is 0 Å². The summed E-state index contributed by atoms with van der Waals surface area (Å²) in [5.41, 5.74) is 3.11. The summed E-state index contributed by atoms with van der Waals surface area (Å²) in [7, 11) is 0. The smallest absolute Gasteiger partial charge is 0.123 e. The topological polar surface area (TPSA) is 0 Å². The van der Waals surface area contributed by atoms with E-state index in [1.807, 2.05) is 19.1 Å². The van der Waals surface area contributed by atoms with Gasteiger partial charge in [-0.05, 0) is 61.7 Å². The molecule has 2 aromatic carbocycles. The molecule has 0 N–H and O–H groups in total. The molecule has 0 aliphatic rings. The normalized spacial score (nSPS) is 10.3. The van der Waals surface area contributed by atoms with Gasteiger partial charge in [0.15, 0.2) is 0 Å². The van der Waals surface area contributed by atoms with E-state index in [1.54, 1.807) is 12.1 Å². The second kappa shape index (κ2) is 7.31. The minimum Gasteiger partial charge on any atom is -0.207 e. The summed E-state index contributed by atoms with van der Waals surface area (Å²) in [6.07, 6.45) is 6.36. The Morgan fingerprint density at radius 3 is 2.00 bits per heavy atom. The van der Waals surface area contributed by atoms with Gasteiger partial charge in [-0.3, -0.25) is 0 Å². The molecule has 0 unspecified atom stereocenters. The molecule has 0 bridgehead atoms. The Kier molecular flexibility index (Phi) is 5.15. The van der Waals surface area contributed by atoms with Gasteiger partial charge in [0.1, 0.15) is 5.82 Å². The van der Waals surface area contributed by atoms with E-state index in [4.69, 9.17) is 0 Å². The summed E-state index contributed by atoms with van der Waals surface area (Å²) in [5.74, 6) is 5.89. The third-order valence-electron chi connectivity index (χ3n) is 2.98. The second-order valence-corrected chi connectivity index (χ2v) is 4.56. The molecule has 0 aliphatic heterocycles. The van der Waals surface area contributed by atoms with E-state index in [1.165, 1.54) is 17.7 Å². The highest BCUT2D eigenvalue weighted by molar-refractivity contribution is 5.43. The Hall–Kier alpha value is -2.33. The molecule has 20 heavy (non-hydrogen) atoms. The highest BCUT2D eigenvalue weighted by Crippen LogP contribution is 2.07. The van der Waals surface area contributed by atoms with Crippen molar-refractivity contribution in [3.05, 3.63) is 83.2 Å². The van der Waals surface area contributed by atoms with Crippen LogP contribution in [0.15, 0.2) is 60.7 Å². The average molecular weight is 264 g/mol. The van der Waals surface area contributed by atoms with Crippen LogP contribution in [0.3, 0.4) is 0 Å². The Morgan fingerprint density at radius 2 is 1.45 bits per heavy atom. The highest BCUT2D eigenvalue weighted by atomic mass is 19.1. The van der Waals surface area contributed by atoms with Gasteiger partial charge in [0, 0.05) is 11.1 Å². The number of allylic oxidation sites excluding steroid dienone is 2. The molecule has 2 rings (SSSR count). The monoisotopic (exact) mass is 264 g/mol. The van der Waals surface area contributed by atoms with Crippen LogP contribution < -0.4 is 0 Å². The molecule has 2 aromatic rings. The molecule has 0 radical (unpaired) electrons. The molecule has 0 heterocycles. The molecule has 0 atom stereocenters. The van der Waals surface area contributed by atoms with Gasteiger partial charge in [-0.25, -0.2) is 4.39 Å². The van der Waals surface area contributed by atoms with E-state index in [9.17, 15) is 4.39 Å². The summed E-state index contributed by atoms with van der Waals surface area (Å²) in [6.45, 7) is 2.04. The fourth-order valence-electron chi connectivity index (χ4n) is 1.85. The first-order valence-electron chi connectivity index (χ1n) is 6.75. The molecule has 0 saturated heterocycles. The first kappa shape index (κ1) is 14.1. The predicted octanol–water partition coefficient (Wildman–Crippen LogP) is 4.73. The average Bonchev–Trinajstić information content (AvgIpc) is 2.48. The fourth-order valence-corrected chi connectivity index (χ4v) is 1.85. The second-order valence-electron chi connectivity index (χ2n) is 4.56. The number of halogens is 1. The van der Waals surface area contributed by atoms with Crippen LogP contribution >= 0.6 is 0 Å². The molecule has 0 saturated carbocycles. The summed E-state index contributed by atoms with van der Waals surface area (Å²) >= 11 is 0. The third kappa shape index (κ3) is 4.40. The van der Waals surface area contributed by atoms with Gasteiger partial charge in [0.25, 0.3) is 0 Å². The largest absolute Gasteiger partial charge is 0.207 e. The van der Waals surface area contributed by atoms with Gasteiger partial charge in [-0.1, -0.05) is 36.1 Å². The maximum absolute atomic E-state index is 12.8. The minimum atomic E-state index is -0.235. The molecule has 0 fully saturated rings. The molecule has 0 spiro atoms. The molecular weight excluding hydrogens is 247 g/mol. The van der Waals surface area contributed by atoms with Crippen molar-refractivity contribution in [3.63, 3.8) is 0 Å². The van der Waals surface area contributed by atoms with E-state index < -0.39 is 0 Å². The van der Waals surface area contributed by atoms with Gasteiger partial charge >= 0.3 is 0 Å². The van der Waals surface area contributed by atoms with Crippen molar-refractivity contribution < 1.29 is 4.39 Å². The summed E-state index contributed by atoms with van der Waals surface area (Å²) in [5, 5.41) is 0. The Bertz CT molecular complexity index is 622. The maximum Gasteiger partial charge on any atom is 0.123 e. The lowest BCUT2D eigenvalue weighted by molar-refractivity contribution is 0.627. The number of hydrogen-bond acceptors (Lipinski definition) is 0. The number of rotatable bonds is 3. The van der Waals surface area contributed by atoms with Gasteiger partial charge in [-0.2, -0.15) is 0 Å². The summed E-state index contributed by atoms with van der Waals surface area (Å²) in [4.78, 5) is 0. The molecule has 0 aliphatic carbocycles. The first-order valence-corrected chi connectivity index (χ1v) is 6.75. The zero-order chi connectivity index (χ0) is 14.2. The van der Waals surface area contributed by atoms with Crippen molar-refractivity contribution in [2.24, 2.45) is 0 Å². The van der Waals surface area contributed by atoms with Crippen LogP contribution in [-0.2, 0) is 6.42 Å². The fraction of sp³-hybridized carbons (Fsp3) is 0.158. The van der Waals surface area contributed by atoms with Crippen molar-refractivity contribution in [2.45, 2.75) is 19.8 Å². The van der Waals surface area contributed by atoms with Gasteiger partial charge < -0.3 is 0 Å². The highest BCUT2D eigenvalue weighted by Gasteiger charge is 1.92. The van der Waals surface area contributed by atoms with Crippen LogP contribution in [0.4, 0.5) is 4.39 Å². The van der Waals surface area contributed by atoms with E-state index in [-0.39, 0.29) is 5.82 Å². The lowest BCUT2D eigenvalue weighted by Crippen LogP contribution is -1.84. The number of hydrogen-bond donors (Lipinski definition) is 0. The van der Waals surface area contributed by atoms with Crippen LogP contribution in [0.2, 0.25) is 0 Å². The van der Waals surface area contributed by atoms with Crippen LogP contribution in [0.25, 0.3) is 0 Å². The zero-order valence-corrected chi connectivity index (χ0v) is 11.6. The molecule has 0 amide bonds. The van der Waals surface area contributed by atoms with Crippen molar-refractivity contribution in [1.29, 1.82) is 0 Å². The molecular formula is C19H17F. The predicted molar refractivity (Wildman–Crippen MR) is 82.0 cm³/mol. The van der Waals surface area contributed by atoms with E-state index in [2.05, 4.69) is 36.1 Å². The van der Waals surface area contributed by atoms with Crippen molar-refractivity contribution in [3.8, 4) is 11.8 Å². The van der Waals surface area contributed by atoms with Gasteiger partial charge in [0.2, 0.25) is 0 Å². The van der Waals surface area contributed by atoms with Crippen molar-refractivity contribution in [1.82, 2.24) is 0 Å². The Morgan fingerprint density at radius 1 is 0.900 bits per heavy atom. The summed E-state index contributed by atoms with van der Waals surface area (Å²) < 4.78 is 12.8. The molecule has 1 heteroatoms.